The van der Waals surface area contributed by atoms with Crippen LogP contribution in [0.25, 0.3) is 11.5 Å². The first-order chi connectivity index (χ1) is 19.9. The molecule has 0 amide bonds. The Bertz CT molecular complexity index is 1540. The molecule has 2 saturated carbocycles. The summed E-state index contributed by atoms with van der Waals surface area (Å²) in [5.74, 6) is 3.79. The van der Waals surface area contributed by atoms with E-state index in [-0.39, 0.29) is 6.10 Å². The number of likely N-dealkylation sites (tertiary alicyclic amines) is 1. The van der Waals surface area contributed by atoms with Crippen molar-refractivity contribution in [1.82, 2.24) is 30.3 Å². The van der Waals surface area contributed by atoms with Gasteiger partial charge in [-0.2, -0.15) is 20.2 Å². The summed E-state index contributed by atoms with van der Waals surface area (Å²) in [7, 11) is 2.22. The lowest BCUT2D eigenvalue weighted by Gasteiger charge is -2.31. The van der Waals surface area contributed by atoms with E-state index < -0.39 is 5.41 Å². The number of likely N-dealkylation sites (N-methyl/N-ethyl adjacent to an activating group) is 1. The number of fused-ring (bicyclic) bond motifs is 2. The van der Waals surface area contributed by atoms with Crippen LogP contribution >= 0.6 is 11.3 Å². The largest absolute Gasteiger partial charge is 0.458 e. The number of hydrogen-bond donors (Lipinski definition) is 2. The number of aryl methyl sites for hydroxylation is 1. The topological polar surface area (TPSA) is 142 Å². The Kier molecular flexibility index (Phi) is 5.82. The Morgan fingerprint density at radius 3 is 2.90 bits per heavy atom. The number of aromatic nitrogens is 4. The average molecular weight is 574 g/mol. The minimum Gasteiger partial charge on any atom is -0.458 e. The smallest absolute Gasteiger partial charge is 0.319 e. The van der Waals surface area contributed by atoms with Crippen LogP contribution in [0.4, 0.5) is 10.8 Å². The SMILES string of the molecule is CN1CC2CC3CC2C1C3Oc1nc(-c2noc([C@@]3(C)CCCc4sc(N)c(C#N)c43)n2)cc(N2CCNCC2)n1. The van der Waals surface area contributed by atoms with Gasteiger partial charge in [0.05, 0.1) is 11.0 Å². The van der Waals surface area contributed by atoms with Crippen molar-refractivity contribution in [3.63, 3.8) is 0 Å². The predicted octanol–water partition coefficient (Wildman–Crippen LogP) is 2.81. The summed E-state index contributed by atoms with van der Waals surface area (Å²) in [4.78, 5) is 20.6. The maximum Gasteiger partial charge on any atom is 0.319 e. The minimum absolute atomic E-state index is 0.101. The van der Waals surface area contributed by atoms with Gasteiger partial charge >= 0.3 is 6.01 Å². The van der Waals surface area contributed by atoms with Crippen LogP contribution in [0.2, 0.25) is 0 Å². The number of hydrogen-bond acceptors (Lipinski definition) is 12. The number of thiophene rings is 1. The van der Waals surface area contributed by atoms with E-state index in [4.69, 9.17) is 29.9 Å². The maximum atomic E-state index is 9.89. The first kappa shape index (κ1) is 25.4. The summed E-state index contributed by atoms with van der Waals surface area (Å²) in [6.07, 6.45) is 5.24. The Balaban J connectivity index is 1.16. The fourth-order valence-corrected chi connectivity index (χ4v) is 9.67. The molecule has 8 rings (SSSR count). The number of piperazine rings is 1. The zero-order valence-corrected chi connectivity index (χ0v) is 24.3. The number of ether oxygens (including phenoxy) is 1. The molecule has 2 aliphatic heterocycles. The van der Waals surface area contributed by atoms with Crippen molar-refractivity contribution in [3.05, 3.63) is 28.0 Å². The molecule has 0 aromatic carbocycles. The van der Waals surface area contributed by atoms with Gasteiger partial charge in [-0.15, -0.1) is 11.3 Å². The van der Waals surface area contributed by atoms with E-state index in [0.717, 1.165) is 80.1 Å². The molecule has 12 heteroatoms. The first-order valence-corrected chi connectivity index (χ1v) is 15.6. The van der Waals surface area contributed by atoms with Crippen LogP contribution in [-0.2, 0) is 11.8 Å². The Morgan fingerprint density at radius 1 is 1.22 bits per heavy atom. The third-order valence-electron chi connectivity index (χ3n) is 10.3. The highest BCUT2D eigenvalue weighted by Gasteiger charge is 2.59. The molecule has 0 spiro atoms. The number of rotatable bonds is 5. The molecule has 3 aliphatic carbocycles. The van der Waals surface area contributed by atoms with Crippen LogP contribution in [0.15, 0.2) is 10.6 Å². The Labute approximate surface area is 243 Å². The number of nitrogens with two attached hydrogens (primary N) is 1. The van der Waals surface area contributed by atoms with Crippen LogP contribution in [-0.4, -0.2) is 76.9 Å². The van der Waals surface area contributed by atoms with Crippen LogP contribution < -0.4 is 20.7 Å². The van der Waals surface area contributed by atoms with Crippen molar-refractivity contribution >= 4 is 22.2 Å². The molecule has 0 radical (unpaired) electrons. The second-order valence-corrected chi connectivity index (χ2v) is 13.8. The van der Waals surface area contributed by atoms with Gasteiger partial charge in [0.15, 0.2) is 0 Å². The Hall–Kier alpha value is -3.27. The molecule has 214 valence electrons. The number of nitrogens with one attached hydrogen (secondary N) is 1. The highest BCUT2D eigenvalue weighted by molar-refractivity contribution is 7.16. The van der Waals surface area contributed by atoms with E-state index in [9.17, 15) is 5.26 Å². The van der Waals surface area contributed by atoms with Crippen molar-refractivity contribution in [3.8, 4) is 23.6 Å². The highest BCUT2D eigenvalue weighted by atomic mass is 32.1. The minimum atomic E-state index is -0.585. The van der Waals surface area contributed by atoms with Crippen molar-refractivity contribution < 1.29 is 9.26 Å². The molecule has 5 unspecified atom stereocenters. The van der Waals surface area contributed by atoms with Crippen molar-refractivity contribution in [2.75, 3.05) is 50.4 Å². The van der Waals surface area contributed by atoms with E-state index in [1.54, 1.807) is 0 Å². The van der Waals surface area contributed by atoms with Gasteiger partial charge in [0.25, 0.3) is 0 Å². The fourth-order valence-electron chi connectivity index (χ4n) is 8.47. The molecule has 3 N–H and O–H groups in total. The number of nitrogen functional groups attached to an aromatic ring is 1. The van der Waals surface area contributed by atoms with Crippen molar-refractivity contribution in [1.29, 1.82) is 5.26 Å². The lowest BCUT2D eigenvalue weighted by molar-refractivity contribution is 0.0724. The monoisotopic (exact) mass is 573 g/mol. The predicted molar refractivity (Wildman–Crippen MR) is 154 cm³/mol. The molecule has 41 heavy (non-hydrogen) atoms. The van der Waals surface area contributed by atoms with Gasteiger partial charge in [-0.3, -0.25) is 4.90 Å². The second-order valence-electron chi connectivity index (χ2n) is 12.7. The third kappa shape index (κ3) is 3.89. The molecule has 11 nitrogen and oxygen atoms in total. The summed E-state index contributed by atoms with van der Waals surface area (Å²) in [6, 6.07) is 5.09. The molecule has 4 fully saturated rings. The standard InChI is InChI=1S/C29H35N9O2S/c1-29(5-3-4-20-22(29)18(13-30)25(31)41-20)27-35-26(36-40-27)19-12-21(38-8-6-32-7-9-38)34-28(33-19)39-24-15-10-16-14-37(2)23(24)17(16)11-15/h12,15-17,23-24,32H,3-11,14,31H2,1-2H3/t15?,16?,17?,23?,24?,29-/m0/s1. The summed E-state index contributed by atoms with van der Waals surface area (Å²) in [6.45, 7) is 6.74. The average Bonchev–Trinajstić information content (AvgIpc) is 3.78. The van der Waals surface area contributed by atoms with Gasteiger partial charge in [0, 0.05) is 55.3 Å². The normalized spacial score (nSPS) is 32.3. The van der Waals surface area contributed by atoms with E-state index in [0.29, 0.717) is 45.9 Å². The molecular weight excluding hydrogens is 538 g/mol. The molecule has 2 bridgehead atoms. The summed E-state index contributed by atoms with van der Waals surface area (Å²) in [5.41, 5.74) is 7.72. The van der Waals surface area contributed by atoms with Crippen LogP contribution in [0.1, 0.15) is 54.5 Å². The molecule has 3 aromatic rings. The molecule has 5 aliphatic rings. The molecule has 5 heterocycles. The van der Waals surface area contributed by atoms with E-state index in [2.05, 4.69) is 40.3 Å². The zero-order chi connectivity index (χ0) is 27.9. The number of anilines is 2. The third-order valence-corrected chi connectivity index (χ3v) is 11.4. The molecule has 2 saturated heterocycles. The summed E-state index contributed by atoms with van der Waals surface area (Å²) >= 11 is 1.50. The van der Waals surface area contributed by atoms with Gasteiger partial charge in [-0.05, 0) is 63.8 Å². The lowest BCUT2D eigenvalue weighted by atomic mass is 9.72. The summed E-state index contributed by atoms with van der Waals surface area (Å²) in [5, 5.41) is 18.3. The number of nitriles is 1. The fraction of sp³-hybridized carbons (Fsp3) is 0.621. The number of nitrogens with zero attached hydrogens (tertiary/aromatic N) is 7. The van der Waals surface area contributed by atoms with Crippen molar-refractivity contribution in [2.24, 2.45) is 17.8 Å². The van der Waals surface area contributed by atoms with E-state index in [1.807, 2.05) is 6.07 Å². The van der Waals surface area contributed by atoms with E-state index >= 15 is 0 Å². The van der Waals surface area contributed by atoms with Gasteiger partial charge in [0.2, 0.25) is 11.7 Å². The van der Waals surface area contributed by atoms with Gasteiger partial charge < -0.3 is 25.2 Å². The highest BCUT2D eigenvalue weighted by Crippen LogP contribution is 2.55. The zero-order valence-electron chi connectivity index (χ0n) is 23.5. The molecular formula is C29H35N9O2S. The van der Waals surface area contributed by atoms with E-state index in [1.165, 1.54) is 24.2 Å². The van der Waals surface area contributed by atoms with Crippen LogP contribution in [0.3, 0.4) is 0 Å². The lowest BCUT2D eigenvalue weighted by Crippen LogP contribution is -2.44. The van der Waals surface area contributed by atoms with Crippen LogP contribution in [0, 0.1) is 29.1 Å². The Morgan fingerprint density at radius 2 is 2.07 bits per heavy atom. The maximum absolute atomic E-state index is 9.89. The van der Waals surface area contributed by atoms with Gasteiger partial charge in [-0.1, -0.05) is 5.16 Å². The van der Waals surface area contributed by atoms with Gasteiger partial charge in [-0.25, -0.2) is 0 Å². The first-order valence-electron chi connectivity index (χ1n) is 14.8. The van der Waals surface area contributed by atoms with Crippen molar-refractivity contribution in [2.45, 2.75) is 56.6 Å². The quantitative estimate of drug-likeness (QED) is 0.465. The second kappa shape index (κ2) is 9.37. The van der Waals surface area contributed by atoms with Crippen LogP contribution in [0.5, 0.6) is 6.01 Å². The molecule has 6 atom stereocenters. The summed E-state index contributed by atoms with van der Waals surface area (Å²) < 4.78 is 12.6. The molecule has 3 aromatic heterocycles. The van der Waals surface area contributed by atoms with Gasteiger partial charge in [0.1, 0.15) is 28.7 Å².